The minimum absolute atomic E-state index is 0.0495. The minimum atomic E-state index is -0.0610. The van der Waals surface area contributed by atoms with Crippen molar-refractivity contribution in [3.63, 3.8) is 0 Å². The first-order valence-electron chi connectivity index (χ1n) is 8.33. The van der Waals surface area contributed by atoms with Crippen LogP contribution in [0.5, 0.6) is 0 Å². The number of amides is 3. The number of carbonyl (C=O) groups excluding carboxylic acids is 2. The van der Waals surface area contributed by atoms with Crippen molar-refractivity contribution >= 4 is 23.3 Å². The molecule has 0 saturated carbocycles. The molecule has 0 aliphatic carbocycles. The molecular weight excluding hydrogens is 338 g/mol. The Kier molecular flexibility index (Phi) is 5.60. The van der Waals surface area contributed by atoms with Crippen molar-refractivity contribution < 1.29 is 9.59 Å². The van der Waals surface area contributed by atoms with Gasteiger partial charge in [0.25, 0.3) is 0 Å². The zero-order valence-electron chi connectivity index (χ0n) is 14.1. The molecule has 132 valence electrons. The number of hydrogen-bond donors (Lipinski definition) is 1. The van der Waals surface area contributed by atoms with Crippen molar-refractivity contribution in [3.8, 4) is 10.7 Å². The summed E-state index contributed by atoms with van der Waals surface area (Å²) >= 11 is 1.50. The fraction of sp³-hybridized carbons (Fsp3) is 0.412. The molecule has 0 atom stereocenters. The quantitative estimate of drug-likeness (QED) is 0.900. The van der Waals surface area contributed by atoms with Crippen LogP contribution in [-0.4, -0.2) is 64.4 Å². The van der Waals surface area contributed by atoms with Gasteiger partial charge in [0.1, 0.15) is 5.01 Å². The van der Waals surface area contributed by atoms with Crippen LogP contribution in [0.15, 0.2) is 29.8 Å². The third-order valence-electron chi connectivity index (χ3n) is 4.02. The highest BCUT2D eigenvalue weighted by molar-refractivity contribution is 7.13. The third-order valence-corrected chi connectivity index (χ3v) is 4.93. The van der Waals surface area contributed by atoms with E-state index < -0.39 is 0 Å². The van der Waals surface area contributed by atoms with Gasteiger partial charge in [-0.2, -0.15) is 0 Å². The van der Waals surface area contributed by atoms with Crippen LogP contribution >= 0.6 is 11.3 Å². The molecule has 2 aromatic rings. The Labute approximate surface area is 150 Å². The molecule has 0 spiro atoms. The van der Waals surface area contributed by atoms with Gasteiger partial charge in [-0.3, -0.25) is 9.78 Å². The molecule has 8 heteroatoms. The molecule has 2 aromatic heterocycles. The van der Waals surface area contributed by atoms with Crippen molar-refractivity contribution in [1.82, 2.24) is 25.1 Å². The van der Waals surface area contributed by atoms with E-state index in [0.717, 1.165) is 16.4 Å². The molecule has 1 N–H and O–H groups in total. The summed E-state index contributed by atoms with van der Waals surface area (Å²) in [5.41, 5.74) is 1.59. The molecule has 0 bridgehead atoms. The summed E-state index contributed by atoms with van der Waals surface area (Å²) < 4.78 is 0. The van der Waals surface area contributed by atoms with Gasteiger partial charge >= 0.3 is 6.03 Å². The van der Waals surface area contributed by atoms with Gasteiger partial charge in [-0.05, 0) is 19.1 Å². The molecule has 3 amide bonds. The van der Waals surface area contributed by atoms with E-state index in [4.69, 9.17) is 0 Å². The number of nitrogens with one attached hydrogen (secondary N) is 1. The van der Waals surface area contributed by atoms with Crippen molar-refractivity contribution in [1.29, 1.82) is 0 Å². The predicted octanol–water partition coefficient (Wildman–Crippen LogP) is 1.62. The average Bonchev–Trinajstić information content (AvgIpc) is 3.11. The maximum Gasteiger partial charge on any atom is 0.317 e. The summed E-state index contributed by atoms with van der Waals surface area (Å²) in [7, 11) is 0. The minimum Gasteiger partial charge on any atom is -0.339 e. The van der Waals surface area contributed by atoms with Crippen molar-refractivity contribution in [2.45, 2.75) is 13.3 Å². The Morgan fingerprint density at radius 3 is 2.64 bits per heavy atom. The summed E-state index contributed by atoms with van der Waals surface area (Å²) in [6.07, 6.45) is 2.01. The van der Waals surface area contributed by atoms with Crippen molar-refractivity contribution in [2.75, 3.05) is 32.7 Å². The topological polar surface area (TPSA) is 78.4 Å². The van der Waals surface area contributed by atoms with Gasteiger partial charge in [0.15, 0.2) is 0 Å². The number of carbonyl (C=O) groups is 2. The highest BCUT2D eigenvalue weighted by Gasteiger charge is 2.24. The smallest absolute Gasteiger partial charge is 0.317 e. The molecule has 0 unspecified atom stereocenters. The fourth-order valence-corrected chi connectivity index (χ4v) is 3.48. The summed E-state index contributed by atoms with van der Waals surface area (Å²) in [5.74, 6) is 0.0495. The zero-order chi connectivity index (χ0) is 17.6. The van der Waals surface area contributed by atoms with Gasteiger partial charge in [0.05, 0.1) is 17.8 Å². The first-order chi connectivity index (χ1) is 12.2. The number of hydrogen-bond acceptors (Lipinski definition) is 5. The number of aromatic nitrogens is 2. The molecule has 1 aliphatic rings. The van der Waals surface area contributed by atoms with E-state index in [0.29, 0.717) is 32.7 Å². The molecule has 0 aromatic carbocycles. The van der Waals surface area contributed by atoms with Crippen LogP contribution < -0.4 is 5.32 Å². The number of piperazine rings is 1. The highest BCUT2D eigenvalue weighted by atomic mass is 32.1. The van der Waals surface area contributed by atoms with Crippen molar-refractivity contribution in [2.24, 2.45) is 0 Å². The Balaban J connectivity index is 1.54. The number of thiazole rings is 1. The fourth-order valence-electron chi connectivity index (χ4n) is 2.68. The molecule has 25 heavy (non-hydrogen) atoms. The lowest BCUT2D eigenvalue weighted by atomic mass is 10.2. The Morgan fingerprint density at radius 1 is 1.20 bits per heavy atom. The maximum absolute atomic E-state index is 12.5. The number of rotatable bonds is 4. The van der Waals surface area contributed by atoms with Crippen LogP contribution in [0.25, 0.3) is 10.7 Å². The first kappa shape index (κ1) is 17.3. The monoisotopic (exact) mass is 359 g/mol. The zero-order valence-corrected chi connectivity index (χ0v) is 15.0. The van der Waals surface area contributed by atoms with E-state index in [-0.39, 0.29) is 18.4 Å². The third kappa shape index (κ3) is 4.33. The standard InChI is InChI=1S/C17H21N5O2S/c1-2-18-17(24)22-9-7-21(8-10-22)15(23)11-13-12-25-16(20-13)14-5-3-4-6-19-14/h3-6,12H,2,7-11H2,1H3,(H,18,24). The highest BCUT2D eigenvalue weighted by Crippen LogP contribution is 2.21. The second-order valence-corrected chi connectivity index (χ2v) is 6.60. The average molecular weight is 359 g/mol. The van der Waals surface area contributed by atoms with Crippen LogP contribution in [-0.2, 0) is 11.2 Å². The number of pyridine rings is 1. The molecule has 0 radical (unpaired) electrons. The lowest BCUT2D eigenvalue weighted by molar-refractivity contribution is -0.131. The number of urea groups is 1. The lowest BCUT2D eigenvalue weighted by Crippen LogP contribution is -2.53. The van der Waals surface area contributed by atoms with Gasteiger partial charge in [-0.15, -0.1) is 11.3 Å². The SMILES string of the molecule is CCNC(=O)N1CCN(C(=O)Cc2csc(-c3ccccn3)n2)CC1. The van der Waals surface area contributed by atoms with E-state index in [9.17, 15) is 9.59 Å². The van der Waals surface area contributed by atoms with E-state index >= 15 is 0 Å². The summed E-state index contributed by atoms with van der Waals surface area (Å²) in [6, 6.07) is 5.63. The molecule has 7 nitrogen and oxygen atoms in total. The van der Waals surface area contributed by atoms with E-state index in [1.54, 1.807) is 16.0 Å². The van der Waals surface area contributed by atoms with Crippen LogP contribution in [0.2, 0.25) is 0 Å². The van der Waals surface area contributed by atoms with E-state index in [1.165, 1.54) is 11.3 Å². The number of nitrogens with zero attached hydrogens (tertiary/aromatic N) is 4. The first-order valence-corrected chi connectivity index (χ1v) is 9.21. The van der Waals surface area contributed by atoms with Crippen LogP contribution in [0, 0.1) is 0 Å². The van der Waals surface area contributed by atoms with Gasteiger partial charge < -0.3 is 15.1 Å². The molecule has 3 rings (SSSR count). The molecule has 1 saturated heterocycles. The lowest BCUT2D eigenvalue weighted by Gasteiger charge is -2.34. The second-order valence-electron chi connectivity index (χ2n) is 5.74. The Bertz CT molecular complexity index is 726. The van der Waals surface area contributed by atoms with Gasteiger partial charge in [0, 0.05) is 44.3 Å². The largest absolute Gasteiger partial charge is 0.339 e. The molecular formula is C17H21N5O2S. The van der Waals surface area contributed by atoms with Gasteiger partial charge in [-0.25, -0.2) is 9.78 Å². The maximum atomic E-state index is 12.5. The molecule has 1 aliphatic heterocycles. The van der Waals surface area contributed by atoms with Crippen LogP contribution in [0.3, 0.4) is 0 Å². The molecule has 3 heterocycles. The van der Waals surface area contributed by atoms with Crippen molar-refractivity contribution in [3.05, 3.63) is 35.5 Å². The molecule has 1 fully saturated rings. The predicted molar refractivity (Wildman–Crippen MR) is 96.3 cm³/mol. The van der Waals surface area contributed by atoms with E-state index in [1.807, 2.05) is 30.5 Å². The van der Waals surface area contributed by atoms with E-state index in [2.05, 4.69) is 15.3 Å². The summed E-state index contributed by atoms with van der Waals surface area (Å²) in [6.45, 7) is 4.76. The Morgan fingerprint density at radius 2 is 1.96 bits per heavy atom. The normalized spacial score (nSPS) is 14.4. The van der Waals surface area contributed by atoms with Gasteiger partial charge in [0.2, 0.25) is 5.91 Å². The van der Waals surface area contributed by atoms with Crippen LogP contribution in [0.4, 0.5) is 4.79 Å². The van der Waals surface area contributed by atoms with Crippen LogP contribution in [0.1, 0.15) is 12.6 Å². The second kappa shape index (κ2) is 8.06. The van der Waals surface area contributed by atoms with Gasteiger partial charge in [-0.1, -0.05) is 6.07 Å². The Hall–Kier alpha value is -2.48. The summed E-state index contributed by atoms with van der Waals surface area (Å²) in [5, 5.41) is 5.52. The summed E-state index contributed by atoms with van der Waals surface area (Å²) in [4.78, 5) is 36.6.